The van der Waals surface area contributed by atoms with E-state index in [4.69, 9.17) is 5.11 Å². The van der Waals surface area contributed by atoms with Gasteiger partial charge in [0, 0.05) is 5.75 Å². The second-order valence-corrected chi connectivity index (χ2v) is 4.96. The zero-order valence-electron chi connectivity index (χ0n) is 10.0. The maximum absolute atomic E-state index is 10.8. The lowest BCUT2D eigenvalue weighted by molar-refractivity contribution is -0.139. The molecule has 0 saturated carbocycles. The van der Waals surface area contributed by atoms with Gasteiger partial charge < -0.3 is 15.4 Å². The minimum absolute atomic E-state index is 0.498. The van der Waals surface area contributed by atoms with E-state index in [1.165, 1.54) is 11.8 Å². The first-order chi connectivity index (χ1) is 8.70. The Morgan fingerprint density at radius 3 is 3.00 bits per heavy atom. The summed E-state index contributed by atoms with van der Waals surface area (Å²) in [6, 6.07) is 7.32. The van der Waals surface area contributed by atoms with Crippen LogP contribution in [0.2, 0.25) is 0 Å². The number of carboxylic acid groups (broad SMARTS) is 1. The largest absolute Gasteiger partial charge is 0.480 e. The van der Waals surface area contributed by atoms with Gasteiger partial charge in [0.1, 0.15) is 6.04 Å². The van der Waals surface area contributed by atoms with Gasteiger partial charge >= 0.3 is 5.97 Å². The molecule has 18 heavy (non-hydrogen) atoms. The van der Waals surface area contributed by atoms with Crippen molar-refractivity contribution in [1.29, 1.82) is 0 Å². The zero-order chi connectivity index (χ0) is 13.0. The number of benzene rings is 1. The van der Waals surface area contributed by atoms with Crippen molar-refractivity contribution in [3.63, 3.8) is 0 Å². The number of H-pyrrole nitrogens is 1. The van der Waals surface area contributed by atoms with Crippen molar-refractivity contribution in [1.82, 2.24) is 15.3 Å². The minimum atomic E-state index is -0.817. The van der Waals surface area contributed by atoms with E-state index < -0.39 is 12.0 Å². The highest BCUT2D eigenvalue weighted by Gasteiger charge is 2.14. The maximum atomic E-state index is 10.8. The van der Waals surface area contributed by atoms with Gasteiger partial charge in [-0.25, -0.2) is 4.98 Å². The summed E-state index contributed by atoms with van der Waals surface area (Å²) in [4.78, 5) is 18.4. The Morgan fingerprint density at radius 2 is 2.33 bits per heavy atom. The standard InChI is InChI=1S/C12H15N3O2S/c1-13-10(11(16)17)6-7-18-12-14-8-4-2-3-5-9(8)15-12/h2-5,10,13H,6-7H2,1H3,(H,14,15)(H,16,17). The molecule has 0 aliphatic carbocycles. The monoisotopic (exact) mass is 265 g/mol. The fourth-order valence-electron chi connectivity index (χ4n) is 1.66. The number of rotatable bonds is 6. The second-order valence-electron chi connectivity index (χ2n) is 3.88. The molecule has 1 heterocycles. The summed E-state index contributed by atoms with van der Waals surface area (Å²) >= 11 is 1.54. The summed E-state index contributed by atoms with van der Waals surface area (Å²) < 4.78 is 0. The number of aliphatic carboxylic acids is 1. The van der Waals surface area contributed by atoms with Crippen LogP contribution in [0.1, 0.15) is 6.42 Å². The lowest BCUT2D eigenvalue weighted by Crippen LogP contribution is -2.34. The van der Waals surface area contributed by atoms with Crippen LogP contribution in [-0.2, 0) is 4.79 Å². The first-order valence-electron chi connectivity index (χ1n) is 5.68. The molecule has 0 radical (unpaired) electrons. The van der Waals surface area contributed by atoms with Crippen LogP contribution in [0.25, 0.3) is 11.0 Å². The van der Waals surface area contributed by atoms with Crippen molar-refractivity contribution in [3.05, 3.63) is 24.3 Å². The predicted octanol–water partition coefficient (Wildman–Crippen LogP) is 1.72. The molecule has 6 heteroatoms. The molecule has 0 bridgehead atoms. The Labute approximate surface area is 109 Å². The number of carbonyl (C=O) groups is 1. The van der Waals surface area contributed by atoms with Crippen molar-refractivity contribution in [2.24, 2.45) is 0 Å². The lowest BCUT2D eigenvalue weighted by atomic mass is 10.2. The number of aromatic amines is 1. The summed E-state index contributed by atoms with van der Waals surface area (Å²) in [6.07, 6.45) is 0.563. The molecule has 1 unspecified atom stereocenters. The van der Waals surface area contributed by atoms with E-state index in [0.717, 1.165) is 16.2 Å². The van der Waals surface area contributed by atoms with Gasteiger partial charge in [-0.15, -0.1) is 0 Å². The highest BCUT2D eigenvalue weighted by Crippen LogP contribution is 2.20. The van der Waals surface area contributed by atoms with Crippen LogP contribution in [0.5, 0.6) is 0 Å². The SMILES string of the molecule is CNC(CCSc1nc2ccccc2[nH]1)C(=O)O. The number of fused-ring (bicyclic) bond motifs is 1. The summed E-state index contributed by atoms with van der Waals surface area (Å²) in [6.45, 7) is 0. The average molecular weight is 265 g/mol. The molecule has 0 aliphatic heterocycles. The Bertz CT molecular complexity index is 508. The van der Waals surface area contributed by atoms with E-state index in [-0.39, 0.29) is 0 Å². The molecule has 0 fully saturated rings. The number of nitrogens with zero attached hydrogens (tertiary/aromatic N) is 1. The molecule has 1 aromatic heterocycles. The number of nitrogens with one attached hydrogen (secondary N) is 2. The van der Waals surface area contributed by atoms with Crippen molar-refractivity contribution in [2.45, 2.75) is 17.6 Å². The molecule has 3 N–H and O–H groups in total. The Morgan fingerprint density at radius 1 is 1.56 bits per heavy atom. The third kappa shape index (κ3) is 3.02. The molecule has 0 amide bonds. The quantitative estimate of drug-likeness (QED) is 0.693. The van der Waals surface area contributed by atoms with Gasteiger partial charge in [0.15, 0.2) is 5.16 Å². The van der Waals surface area contributed by atoms with E-state index >= 15 is 0 Å². The van der Waals surface area contributed by atoms with Gasteiger partial charge in [-0.05, 0) is 25.6 Å². The van der Waals surface area contributed by atoms with E-state index in [1.807, 2.05) is 24.3 Å². The van der Waals surface area contributed by atoms with Crippen molar-refractivity contribution in [3.8, 4) is 0 Å². The van der Waals surface area contributed by atoms with Gasteiger partial charge in [0.25, 0.3) is 0 Å². The molecular formula is C12H15N3O2S. The third-order valence-corrected chi connectivity index (χ3v) is 3.57. The van der Waals surface area contributed by atoms with Crippen molar-refractivity contribution in [2.75, 3.05) is 12.8 Å². The molecule has 0 saturated heterocycles. The van der Waals surface area contributed by atoms with Crippen LogP contribution in [0.4, 0.5) is 0 Å². The Hall–Kier alpha value is -1.53. The number of hydrogen-bond acceptors (Lipinski definition) is 4. The fourth-order valence-corrected chi connectivity index (χ4v) is 2.55. The second kappa shape index (κ2) is 5.88. The molecule has 96 valence electrons. The predicted molar refractivity (Wildman–Crippen MR) is 71.9 cm³/mol. The smallest absolute Gasteiger partial charge is 0.320 e. The Balaban J connectivity index is 1.92. The highest BCUT2D eigenvalue weighted by molar-refractivity contribution is 7.99. The number of thioether (sulfide) groups is 1. The van der Waals surface area contributed by atoms with E-state index in [2.05, 4.69) is 15.3 Å². The normalized spacial score (nSPS) is 12.7. The number of hydrogen-bond donors (Lipinski definition) is 3. The van der Waals surface area contributed by atoms with Crippen LogP contribution in [0, 0.1) is 0 Å². The third-order valence-electron chi connectivity index (χ3n) is 2.66. The van der Waals surface area contributed by atoms with Gasteiger partial charge in [-0.1, -0.05) is 23.9 Å². The topological polar surface area (TPSA) is 78.0 Å². The van der Waals surface area contributed by atoms with Gasteiger partial charge in [-0.3, -0.25) is 4.79 Å². The van der Waals surface area contributed by atoms with Crippen LogP contribution in [-0.4, -0.2) is 39.9 Å². The first-order valence-corrected chi connectivity index (χ1v) is 6.67. The van der Waals surface area contributed by atoms with Crippen LogP contribution in [0.3, 0.4) is 0 Å². The summed E-state index contributed by atoms with van der Waals surface area (Å²) in [5.74, 6) is -0.111. The molecule has 1 aromatic carbocycles. The maximum Gasteiger partial charge on any atom is 0.320 e. The summed E-state index contributed by atoms with van der Waals surface area (Å²) in [5, 5.41) is 12.5. The molecule has 1 atom stereocenters. The first kappa shape index (κ1) is 12.9. The van der Waals surface area contributed by atoms with Gasteiger partial charge in [0.05, 0.1) is 11.0 Å². The van der Waals surface area contributed by atoms with Crippen LogP contribution in [0.15, 0.2) is 29.4 Å². The molecule has 0 aliphatic rings. The summed E-state index contributed by atoms with van der Waals surface area (Å²) in [5.41, 5.74) is 1.94. The van der Waals surface area contributed by atoms with Gasteiger partial charge in [-0.2, -0.15) is 0 Å². The van der Waals surface area contributed by atoms with Crippen molar-refractivity contribution >= 4 is 28.8 Å². The lowest BCUT2D eigenvalue weighted by Gasteiger charge is -2.09. The van der Waals surface area contributed by atoms with E-state index in [0.29, 0.717) is 12.2 Å². The number of para-hydroxylation sites is 2. The van der Waals surface area contributed by atoms with Crippen LogP contribution < -0.4 is 5.32 Å². The number of imidazole rings is 1. The summed E-state index contributed by atoms with van der Waals surface area (Å²) in [7, 11) is 1.66. The molecule has 5 nitrogen and oxygen atoms in total. The molecular weight excluding hydrogens is 250 g/mol. The van der Waals surface area contributed by atoms with E-state index in [9.17, 15) is 4.79 Å². The Kier molecular flexibility index (Phi) is 4.22. The van der Waals surface area contributed by atoms with E-state index in [1.54, 1.807) is 7.05 Å². The fraction of sp³-hybridized carbons (Fsp3) is 0.333. The highest BCUT2D eigenvalue weighted by atomic mass is 32.2. The average Bonchev–Trinajstić information content (AvgIpc) is 2.76. The van der Waals surface area contributed by atoms with Crippen LogP contribution >= 0.6 is 11.8 Å². The zero-order valence-corrected chi connectivity index (χ0v) is 10.8. The number of carboxylic acids is 1. The molecule has 2 rings (SSSR count). The van der Waals surface area contributed by atoms with Crippen molar-refractivity contribution < 1.29 is 9.90 Å². The van der Waals surface area contributed by atoms with Gasteiger partial charge in [0.2, 0.25) is 0 Å². The number of likely N-dealkylation sites (N-methyl/N-ethyl adjacent to an activating group) is 1. The molecule has 2 aromatic rings. The number of aromatic nitrogens is 2. The minimum Gasteiger partial charge on any atom is -0.480 e. The molecule has 0 spiro atoms.